The molecule has 1 amide bonds. The van der Waals surface area contributed by atoms with E-state index in [4.69, 9.17) is 4.42 Å². The summed E-state index contributed by atoms with van der Waals surface area (Å²) in [6.07, 6.45) is 1.49. The fraction of sp³-hybridized carbons (Fsp3) is 0.167. The first-order valence-electron chi connectivity index (χ1n) is 7.67. The Bertz CT molecular complexity index is 964. The summed E-state index contributed by atoms with van der Waals surface area (Å²) in [5.74, 6) is -0.606. The lowest BCUT2D eigenvalue weighted by Crippen LogP contribution is -2.33. The van der Waals surface area contributed by atoms with Crippen molar-refractivity contribution in [1.82, 2.24) is 15.1 Å². The molecule has 0 spiro atoms. The van der Waals surface area contributed by atoms with Crippen LogP contribution in [0.4, 0.5) is 4.39 Å². The van der Waals surface area contributed by atoms with Crippen molar-refractivity contribution in [3.63, 3.8) is 0 Å². The summed E-state index contributed by atoms with van der Waals surface area (Å²) in [6, 6.07) is 10.2. The number of carbonyl (C=O) groups excluding carboxylic acids is 1. The van der Waals surface area contributed by atoms with Gasteiger partial charge in [-0.3, -0.25) is 9.59 Å². The molecule has 3 aromatic rings. The van der Waals surface area contributed by atoms with Crippen LogP contribution in [-0.4, -0.2) is 15.7 Å². The maximum absolute atomic E-state index is 14.0. The lowest BCUT2D eigenvalue weighted by molar-refractivity contribution is 0.0927. The summed E-state index contributed by atoms with van der Waals surface area (Å²) in [5, 5.41) is 6.71. The molecular formula is C18H16FN3O3. The highest BCUT2D eigenvalue weighted by atomic mass is 19.1. The van der Waals surface area contributed by atoms with Crippen molar-refractivity contribution in [3.05, 3.63) is 81.9 Å². The number of aryl methyl sites for hydroxylation is 1. The Kier molecular flexibility index (Phi) is 4.47. The Labute approximate surface area is 142 Å². The van der Waals surface area contributed by atoms with Crippen molar-refractivity contribution < 1.29 is 13.6 Å². The fourth-order valence-corrected chi connectivity index (χ4v) is 2.45. The molecule has 0 saturated carbocycles. The van der Waals surface area contributed by atoms with E-state index < -0.39 is 23.2 Å². The van der Waals surface area contributed by atoms with Crippen molar-refractivity contribution in [2.75, 3.05) is 0 Å². The number of nitrogens with zero attached hydrogens (tertiary/aromatic N) is 2. The summed E-state index contributed by atoms with van der Waals surface area (Å²) >= 11 is 0. The minimum absolute atomic E-state index is 0.160. The van der Waals surface area contributed by atoms with E-state index in [9.17, 15) is 14.0 Å². The molecule has 25 heavy (non-hydrogen) atoms. The predicted octanol–water partition coefficient (Wildman–Crippen LogP) is 2.76. The van der Waals surface area contributed by atoms with Crippen LogP contribution in [0.5, 0.6) is 0 Å². The molecule has 0 aliphatic rings. The average molecular weight is 341 g/mol. The normalized spacial score (nSPS) is 12.0. The number of nitrogens with one attached hydrogen (secondary N) is 1. The number of benzene rings is 1. The van der Waals surface area contributed by atoms with E-state index in [1.165, 1.54) is 29.1 Å². The lowest BCUT2D eigenvalue weighted by atomic mass is 10.2. The molecule has 0 saturated heterocycles. The van der Waals surface area contributed by atoms with E-state index in [1.54, 1.807) is 38.1 Å². The number of amides is 1. The lowest BCUT2D eigenvalue weighted by Gasteiger charge is -2.14. The van der Waals surface area contributed by atoms with E-state index >= 15 is 0 Å². The van der Waals surface area contributed by atoms with Crippen molar-refractivity contribution in [3.8, 4) is 5.69 Å². The predicted molar refractivity (Wildman–Crippen MR) is 89.1 cm³/mol. The van der Waals surface area contributed by atoms with E-state index in [2.05, 4.69) is 10.4 Å². The highest BCUT2D eigenvalue weighted by Gasteiger charge is 2.19. The van der Waals surface area contributed by atoms with Crippen LogP contribution < -0.4 is 10.7 Å². The van der Waals surface area contributed by atoms with Crippen LogP contribution in [0.15, 0.2) is 57.9 Å². The molecule has 6 nitrogen and oxygen atoms in total. The molecule has 0 aliphatic heterocycles. The number of furan rings is 1. The van der Waals surface area contributed by atoms with Gasteiger partial charge in [0.1, 0.15) is 17.3 Å². The zero-order valence-electron chi connectivity index (χ0n) is 13.7. The Balaban J connectivity index is 1.97. The molecule has 0 fully saturated rings. The largest absolute Gasteiger partial charge is 0.467 e. The van der Waals surface area contributed by atoms with Gasteiger partial charge in [-0.25, -0.2) is 9.07 Å². The topological polar surface area (TPSA) is 77.1 Å². The summed E-state index contributed by atoms with van der Waals surface area (Å²) in [6.45, 7) is 3.34. The molecule has 128 valence electrons. The third kappa shape index (κ3) is 3.35. The van der Waals surface area contributed by atoms with Gasteiger partial charge in [0.05, 0.1) is 12.3 Å². The maximum Gasteiger partial charge on any atom is 0.276 e. The Morgan fingerprint density at radius 2 is 2.04 bits per heavy atom. The van der Waals surface area contributed by atoms with Crippen molar-refractivity contribution >= 4 is 5.91 Å². The van der Waals surface area contributed by atoms with Crippen LogP contribution in [0.25, 0.3) is 5.69 Å². The molecule has 3 rings (SSSR count). The standard InChI is InChI=1S/C18H16FN3O3/c1-11-10-15(23)17(18(24)20-12(2)16-8-5-9-25-16)21-22(11)14-7-4-3-6-13(14)19/h3-10,12H,1-2H3,(H,20,24)/t12-/m1/s1. The van der Waals surface area contributed by atoms with Crippen LogP contribution in [0.2, 0.25) is 0 Å². The van der Waals surface area contributed by atoms with Crippen molar-refractivity contribution in [1.29, 1.82) is 0 Å². The molecule has 1 aromatic carbocycles. The number of hydrogen-bond acceptors (Lipinski definition) is 4. The van der Waals surface area contributed by atoms with Gasteiger partial charge < -0.3 is 9.73 Å². The van der Waals surface area contributed by atoms with Gasteiger partial charge in [-0.15, -0.1) is 0 Å². The quantitative estimate of drug-likeness (QED) is 0.791. The number of rotatable bonds is 4. The molecule has 1 atom stereocenters. The van der Waals surface area contributed by atoms with Gasteiger partial charge in [-0.05, 0) is 38.1 Å². The van der Waals surface area contributed by atoms with E-state index in [0.717, 1.165) is 0 Å². The van der Waals surface area contributed by atoms with Crippen molar-refractivity contribution in [2.24, 2.45) is 0 Å². The summed E-state index contributed by atoms with van der Waals surface area (Å²) in [4.78, 5) is 24.6. The molecule has 0 bridgehead atoms. The van der Waals surface area contributed by atoms with Crippen molar-refractivity contribution in [2.45, 2.75) is 19.9 Å². The Morgan fingerprint density at radius 3 is 2.72 bits per heavy atom. The van der Waals surface area contributed by atoms with E-state index in [1.807, 2.05) is 0 Å². The highest BCUT2D eigenvalue weighted by Crippen LogP contribution is 2.14. The van der Waals surface area contributed by atoms with Crippen LogP contribution >= 0.6 is 0 Å². The van der Waals surface area contributed by atoms with Crippen LogP contribution in [0, 0.1) is 12.7 Å². The fourth-order valence-electron chi connectivity index (χ4n) is 2.45. The van der Waals surface area contributed by atoms with Gasteiger partial charge >= 0.3 is 0 Å². The molecule has 1 N–H and O–H groups in total. The second kappa shape index (κ2) is 6.72. The number of aromatic nitrogens is 2. The first-order valence-corrected chi connectivity index (χ1v) is 7.67. The molecule has 2 heterocycles. The second-order valence-corrected chi connectivity index (χ2v) is 5.57. The minimum atomic E-state index is -0.654. The first kappa shape index (κ1) is 16.6. The third-order valence-corrected chi connectivity index (χ3v) is 3.72. The average Bonchev–Trinajstić information content (AvgIpc) is 3.10. The first-order chi connectivity index (χ1) is 12.0. The molecule has 7 heteroatoms. The molecule has 0 radical (unpaired) electrons. The van der Waals surface area contributed by atoms with E-state index in [-0.39, 0.29) is 11.4 Å². The van der Waals surface area contributed by atoms with Gasteiger partial charge in [0.15, 0.2) is 5.69 Å². The molecule has 2 aromatic heterocycles. The third-order valence-electron chi connectivity index (χ3n) is 3.72. The molecule has 0 unspecified atom stereocenters. The molecule has 0 aliphatic carbocycles. The monoisotopic (exact) mass is 341 g/mol. The summed E-state index contributed by atoms with van der Waals surface area (Å²) in [5.41, 5.74) is -0.264. The summed E-state index contributed by atoms with van der Waals surface area (Å²) < 4.78 is 20.5. The summed E-state index contributed by atoms with van der Waals surface area (Å²) in [7, 11) is 0. The van der Waals surface area contributed by atoms with Gasteiger partial charge in [0, 0.05) is 11.8 Å². The molecular weight excluding hydrogens is 325 g/mol. The van der Waals surface area contributed by atoms with Gasteiger partial charge in [-0.1, -0.05) is 12.1 Å². The maximum atomic E-state index is 14.0. The van der Waals surface area contributed by atoms with Crippen LogP contribution in [0.1, 0.15) is 34.9 Å². The number of halogens is 1. The van der Waals surface area contributed by atoms with Gasteiger partial charge in [-0.2, -0.15) is 5.10 Å². The SMILES string of the molecule is Cc1cc(=O)c(C(=O)N[C@H](C)c2ccco2)nn1-c1ccccc1F. The van der Waals surface area contributed by atoms with Gasteiger partial charge in [0.2, 0.25) is 5.43 Å². The van der Waals surface area contributed by atoms with E-state index in [0.29, 0.717) is 11.5 Å². The Hall–Kier alpha value is -3.22. The van der Waals surface area contributed by atoms with Crippen LogP contribution in [0.3, 0.4) is 0 Å². The highest BCUT2D eigenvalue weighted by molar-refractivity contribution is 5.92. The second-order valence-electron chi connectivity index (χ2n) is 5.57. The number of hydrogen-bond donors (Lipinski definition) is 1. The number of para-hydroxylation sites is 1. The smallest absolute Gasteiger partial charge is 0.276 e. The number of carbonyl (C=O) groups is 1. The zero-order valence-corrected chi connectivity index (χ0v) is 13.7. The zero-order chi connectivity index (χ0) is 18.0. The Morgan fingerprint density at radius 1 is 1.28 bits per heavy atom. The van der Waals surface area contributed by atoms with Gasteiger partial charge in [0.25, 0.3) is 5.91 Å². The minimum Gasteiger partial charge on any atom is -0.467 e. The van der Waals surface area contributed by atoms with Crippen LogP contribution in [-0.2, 0) is 0 Å².